The second kappa shape index (κ2) is 6.03. The van der Waals surface area contributed by atoms with Crippen molar-refractivity contribution in [2.24, 2.45) is 5.41 Å². The molecule has 0 radical (unpaired) electrons. The molecule has 1 aromatic rings. The largest absolute Gasteiger partial charge is 0.497 e. The monoisotopic (exact) mass is 237 g/mol. The second-order valence-corrected chi connectivity index (χ2v) is 5.20. The Labute approximate surface area is 104 Å². The van der Waals surface area contributed by atoms with E-state index >= 15 is 0 Å². The first kappa shape index (κ1) is 14.0. The number of nitrogens with one attached hydrogen (secondary N) is 1. The number of aliphatic hydroxyl groups excluding tert-OH is 1. The molecule has 96 valence electrons. The minimum Gasteiger partial charge on any atom is -0.497 e. The van der Waals surface area contributed by atoms with Gasteiger partial charge in [-0.15, -0.1) is 0 Å². The number of hydrogen-bond donors (Lipinski definition) is 2. The normalized spacial score (nSPS) is 13.5. The van der Waals surface area contributed by atoms with Gasteiger partial charge in [-0.2, -0.15) is 0 Å². The fraction of sp³-hybridized carbons (Fsp3) is 0.571. The van der Waals surface area contributed by atoms with Crippen molar-refractivity contribution in [1.82, 2.24) is 5.32 Å². The average Bonchev–Trinajstić information content (AvgIpc) is 2.36. The highest BCUT2D eigenvalue weighted by Gasteiger charge is 2.17. The molecule has 1 atom stereocenters. The zero-order valence-electron chi connectivity index (χ0n) is 11.2. The van der Waals surface area contributed by atoms with Crippen LogP contribution in [0, 0.1) is 5.41 Å². The molecule has 0 unspecified atom stereocenters. The Bertz CT molecular complexity index is 333. The first-order valence-electron chi connectivity index (χ1n) is 5.97. The minimum atomic E-state index is -0.0826. The van der Waals surface area contributed by atoms with Crippen LogP contribution in [0.2, 0.25) is 0 Å². The van der Waals surface area contributed by atoms with Gasteiger partial charge in [-0.05, 0) is 24.6 Å². The van der Waals surface area contributed by atoms with Gasteiger partial charge in [0.05, 0.1) is 7.11 Å². The molecule has 0 aliphatic carbocycles. The van der Waals surface area contributed by atoms with Crippen LogP contribution in [0.1, 0.15) is 32.4 Å². The van der Waals surface area contributed by atoms with Gasteiger partial charge in [0.2, 0.25) is 0 Å². The molecule has 17 heavy (non-hydrogen) atoms. The Morgan fingerprint density at radius 3 is 2.35 bits per heavy atom. The molecule has 0 heterocycles. The SMILES string of the molecule is COc1ccc([C@@H](C)NCC(C)(C)CO)cc1. The van der Waals surface area contributed by atoms with Crippen LogP contribution >= 0.6 is 0 Å². The van der Waals surface area contributed by atoms with Crippen molar-refractivity contribution < 1.29 is 9.84 Å². The Balaban J connectivity index is 2.54. The molecule has 0 bridgehead atoms. The lowest BCUT2D eigenvalue weighted by molar-refractivity contribution is 0.154. The molecule has 1 aromatic carbocycles. The summed E-state index contributed by atoms with van der Waals surface area (Å²) in [4.78, 5) is 0. The molecule has 0 aliphatic rings. The van der Waals surface area contributed by atoms with Crippen molar-refractivity contribution >= 4 is 0 Å². The smallest absolute Gasteiger partial charge is 0.118 e. The van der Waals surface area contributed by atoms with Crippen molar-refractivity contribution in [1.29, 1.82) is 0 Å². The van der Waals surface area contributed by atoms with Crippen LogP contribution in [0.5, 0.6) is 5.75 Å². The lowest BCUT2D eigenvalue weighted by Crippen LogP contribution is -2.33. The van der Waals surface area contributed by atoms with Crippen molar-refractivity contribution in [3.8, 4) is 5.75 Å². The van der Waals surface area contributed by atoms with E-state index in [2.05, 4.69) is 24.4 Å². The van der Waals surface area contributed by atoms with Crippen molar-refractivity contribution in [3.63, 3.8) is 0 Å². The molecule has 3 nitrogen and oxygen atoms in total. The number of ether oxygens (including phenoxy) is 1. The standard InChI is InChI=1S/C14H23NO2/c1-11(15-9-14(2,3)10-16)12-5-7-13(17-4)8-6-12/h5-8,11,15-16H,9-10H2,1-4H3/t11-/m1/s1. The third kappa shape index (κ3) is 4.36. The summed E-state index contributed by atoms with van der Waals surface area (Å²) >= 11 is 0. The van der Waals surface area contributed by atoms with E-state index in [0.29, 0.717) is 0 Å². The maximum Gasteiger partial charge on any atom is 0.118 e. The fourth-order valence-corrected chi connectivity index (χ4v) is 1.50. The van der Waals surface area contributed by atoms with E-state index in [9.17, 15) is 5.11 Å². The Kier molecular flexibility index (Phi) is 4.97. The van der Waals surface area contributed by atoms with Crippen LogP contribution in [0.25, 0.3) is 0 Å². The first-order chi connectivity index (χ1) is 7.98. The van der Waals surface area contributed by atoms with E-state index in [0.717, 1.165) is 12.3 Å². The van der Waals surface area contributed by atoms with Gasteiger partial charge < -0.3 is 15.2 Å². The van der Waals surface area contributed by atoms with Gasteiger partial charge in [-0.3, -0.25) is 0 Å². The topological polar surface area (TPSA) is 41.5 Å². The highest BCUT2D eigenvalue weighted by Crippen LogP contribution is 2.19. The molecule has 0 saturated heterocycles. The Morgan fingerprint density at radius 2 is 1.88 bits per heavy atom. The van der Waals surface area contributed by atoms with E-state index in [4.69, 9.17) is 4.74 Å². The van der Waals surface area contributed by atoms with Gasteiger partial charge in [0.25, 0.3) is 0 Å². The van der Waals surface area contributed by atoms with Crippen LogP contribution in [-0.4, -0.2) is 25.4 Å². The molecule has 0 spiro atoms. The summed E-state index contributed by atoms with van der Waals surface area (Å²) in [6.07, 6.45) is 0. The summed E-state index contributed by atoms with van der Waals surface area (Å²) in [6, 6.07) is 8.31. The third-order valence-electron chi connectivity index (χ3n) is 2.93. The van der Waals surface area contributed by atoms with Gasteiger partial charge >= 0.3 is 0 Å². The molecular weight excluding hydrogens is 214 g/mol. The van der Waals surface area contributed by atoms with E-state index < -0.39 is 0 Å². The lowest BCUT2D eigenvalue weighted by atomic mass is 9.94. The van der Waals surface area contributed by atoms with Crippen LogP contribution < -0.4 is 10.1 Å². The third-order valence-corrected chi connectivity index (χ3v) is 2.93. The summed E-state index contributed by atoms with van der Waals surface area (Å²) in [5.74, 6) is 0.872. The van der Waals surface area contributed by atoms with Gasteiger partial charge in [-0.25, -0.2) is 0 Å². The molecule has 0 aliphatic heterocycles. The van der Waals surface area contributed by atoms with E-state index in [1.54, 1.807) is 7.11 Å². The maximum absolute atomic E-state index is 9.19. The summed E-state index contributed by atoms with van der Waals surface area (Å²) in [7, 11) is 1.67. The summed E-state index contributed by atoms with van der Waals surface area (Å²) < 4.78 is 5.13. The second-order valence-electron chi connectivity index (χ2n) is 5.20. The van der Waals surface area contributed by atoms with Gasteiger partial charge in [0, 0.05) is 24.6 Å². The van der Waals surface area contributed by atoms with E-state index in [-0.39, 0.29) is 18.1 Å². The molecule has 3 heteroatoms. The zero-order valence-corrected chi connectivity index (χ0v) is 11.2. The molecule has 0 amide bonds. The van der Waals surface area contributed by atoms with E-state index in [1.807, 2.05) is 26.0 Å². The van der Waals surface area contributed by atoms with Crippen LogP contribution in [-0.2, 0) is 0 Å². The first-order valence-corrected chi connectivity index (χ1v) is 5.97. The van der Waals surface area contributed by atoms with Crippen LogP contribution in [0.3, 0.4) is 0 Å². The number of rotatable bonds is 6. The lowest BCUT2D eigenvalue weighted by Gasteiger charge is -2.25. The van der Waals surface area contributed by atoms with Crippen LogP contribution in [0.15, 0.2) is 24.3 Å². The predicted octanol–water partition coefficient (Wildman–Crippen LogP) is 2.36. The molecule has 2 N–H and O–H groups in total. The molecular formula is C14H23NO2. The summed E-state index contributed by atoms with van der Waals surface area (Å²) in [5.41, 5.74) is 1.14. The van der Waals surface area contributed by atoms with Crippen molar-refractivity contribution in [3.05, 3.63) is 29.8 Å². The van der Waals surface area contributed by atoms with Crippen molar-refractivity contribution in [2.45, 2.75) is 26.8 Å². The molecule has 1 rings (SSSR count). The molecule has 0 fully saturated rings. The molecule has 0 aromatic heterocycles. The zero-order chi connectivity index (χ0) is 12.9. The van der Waals surface area contributed by atoms with E-state index in [1.165, 1.54) is 5.56 Å². The molecule has 0 saturated carbocycles. The number of aliphatic hydroxyl groups is 1. The van der Waals surface area contributed by atoms with Gasteiger partial charge in [0.1, 0.15) is 5.75 Å². The van der Waals surface area contributed by atoms with Gasteiger partial charge in [-0.1, -0.05) is 26.0 Å². The highest BCUT2D eigenvalue weighted by molar-refractivity contribution is 5.28. The quantitative estimate of drug-likeness (QED) is 0.798. The number of benzene rings is 1. The Morgan fingerprint density at radius 1 is 1.29 bits per heavy atom. The van der Waals surface area contributed by atoms with Crippen molar-refractivity contribution in [2.75, 3.05) is 20.3 Å². The fourth-order valence-electron chi connectivity index (χ4n) is 1.50. The number of methoxy groups -OCH3 is 1. The Hall–Kier alpha value is -1.06. The highest BCUT2D eigenvalue weighted by atomic mass is 16.5. The average molecular weight is 237 g/mol. The predicted molar refractivity (Wildman–Crippen MR) is 70.3 cm³/mol. The van der Waals surface area contributed by atoms with Gasteiger partial charge in [0.15, 0.2) is 0 Å². The number of hydrogen-bond acceptors (Lipinski definition) is 3. The summed E-state index contributed by atoms with van der Waals surface area (Å²) in [6.45, 7) is 7.18. The van der Waals surface area contributed by atoms with Crippen LogP contribution in [0.4, 0.5) is 0 Å². The minimum absolute atomic E-state index is 0.0826. The summed E-state index contributed by atoms with van der Waals surface area (Å²) in [5, 5.41) is 12.6. The maximum atomic E-state index is 9.19.